The van der Waals surface area contributed by atoms with Gasteiger partial charge in [0.2, 0.25) is 5.88 Å². The van der Waals surface area contributed by atoms with Crippen LogP contribution >= 0.6 is 11.9 Å². The summed E-state index contributed by atoms with van der Waals surface area (Å²) >= 11 is 0.355. The number of aromatic nitrogens is 1. The fourth-order valence-corrected chi connectivity index (χ4v) is 4.24. The number of amides is 1. The van der Waals surface area contributed by atoms with Crippen LogP contribution in [-0.4, -0.2) is 50.7 Å². The van der Waals surface area contributed by atoms with Gasteiger partial charge in [-0.1, -0.05) is 36.4 Å². The Hall–Kier alpha value is -3.73. The van der Waals surface area contributed by atoms with Crippen molar-refractivity contribution in [1.29, 1.82) is 0 Å². The summed E-state index contributed by atoms with van der Waals surface area (Å²) in [6.45, 7) is 0. The fraction of sp³-hybridized carbons (Fsp3) is 0.208. The van der Waals surface area contributed by atoms with E-state index in [9.17, 15) is 33.0 Å². The van der Waals surface area contributed by atoms with E-state index in [1.54, 1.807) is 42.5 Å². The topological polar surface area (TPSA) is 100.0 Å². The molecule has 0 spiro atoms. The van der Waals surface area contributed by atoms with Crippen LogP contribution in [0.3, 0.4) is 0 Å². The number of aliphatic carboxylic acids is 1. The molecule has 0 aliphatic carbocycles. The first kappa shape index (κ1) is 25.9. The summed E-state index contributed by atoms with van der Waals surface area (Å²) in [6, 6.07) is 13.6. The molecule has 2 aromatic carbocycles. The van der Waals surface area contributed by atoms with E-state index < -0.39 is 24.1 Å². The quantitative estimate of drug-likeness (QED) is 0.413. The summed E-state index contributed by atoms with van der Waals surface area (Å²) in [5, 5.41) is 20.0. The fourth-order valence-electron chi connectivity index (χ4n) is 3.21. The Morgan fingerprint density at radius 1 is 1.09 bits per heavy atom. The van der Waals surface area contributed by atoms with Crippen LogP contribution in [0.1, 0.15) is 16.7 Å². The van der Waals surface area contributed by atoms with Gasteiger partial charge >= 0.3 is 18.1 Å². The highest BCUT2D eigenvalue weighted by Crippen LogP contribution is 2.34. The van der Waals surface area contributed by atoms with Gasteiger partial charge in [0.15, 0.2) is 0 Å². The molecule has 3 rings (SSSR count). The average molecular weight is 507 g/mol. The van der Waals surface area contributed by atoms with Crippen molar-refractivity contribution in [3.05, 3.63) is 83.6 Å². The Balaban J connectivity index is 1.92. The first-order valence-electron chi connectivity index (χ1n) is 10.2. The molecule has 1 aromatic heterocycles. The summed E-state index contributed by atoms with van der Waals surface area (Å²) in [5.74, 6) is -3.60. The monoisotopic (exact) mass is 506 g/mol. The van der Waals surface area contributed by atoms with E-state index in [2.05, 4.69) is 4.98 Å². The molecule has 0 fully saturated rings. The van der Waals surface area contributed by atoms with Gasteiger partial charge in [-0.15, -0.1) is 0 Å². The van der Waals surface area contributed by atoms with Gasteiger partial charge in [-0.05, 0) is 46.8 Å². The van der Waals surface area contributed by atoms with Crippen LogP contribution in [0.25, 0.3) is 0 Å². The number of methoxy groups -OCH3 is 1. The number of rotatable bonds is 9. The van der Waals surface area contributed by atoms with E-state index in [1.807, 2.05) is 0 Å². The number of carboxylic acid groups (broad SMARTS) is 1. The minimum atomic E-state index is -5.29. The third-order valence-electron chi connectivity index (χ3n) is 4.94. The first-order valence-corrected chi connectivity index (χ1v) is 11.0. The summed E-state index contributed by atoms with van der Waals surface area (Å²) < 4.78 is 45.4. The van der Waals surface area contributed by atoms with Gasteiger partial charge < -0.3 is 14.9 Å². The number of hydrogen-bond donors (Lipinski definition) is 2. The highest BCUT2D eigenvalue weighted by Gasteiger charge is 2.47. The summed E-state index contributed by atoms with van der Waals surface area (Å²) in [4.78, 5) is 28.4. The minimum absolute atomic E-state index is 0.113. The van der Waals surface area contributed by atoms with Crippen molar-refractivity contribution in [1.82, 2.24) is 9.29 Å². The third-order valence-corrected chi connectivity index (χ3v) is 6.02. The number of phenolic OH excluding ortho intramolecular Hbond substituents is 1. The molecule has 7 nitrogen and oxygen atoms in total. The van der Waals surface area contributed by atoms with Crippen molar-refractivity contribution in [2.24, 2.45) is 0 Å². The summed E-state index contributed by atoms with van der Waals surface area (Å²) in [5.41, 5.74) is 1.51. The van der Waals surface area contributed by atoms with E-state index in [4.69, 9.17) is 4.74 Å². The third kappa shape index (κ3) is 6.89. The number of aromatic hydroxyl groups is 1. The molecule has 0 saturated heterocycles. The van der Waals surface area contributed by atoms with Crippen LogP contribution in [0, 0.1) is 0 Å². The Kier molecular flexibility index (Phi) is 8.23. The van der Waals surface area contributed by atoms with Crippen molar-refractivity contribution < 1.29 is 37.7 Å². The SMILES string of the molecule is COc1ccc(Cc2cc(SN(C(=O)C(F)(F)F)[C@@H](Cc3ccccc3)C(=O)O)ccc2O)cn1. The molecule has 2 N–H and O–H groups in total. The highest BCUT2D eigenvalue weighted by molar-refractivity contribution is 7.97. The molecule has 35 heavy (non-hydrogen) atoms. The standard InChI is InChI=1S/C24H21F3N2O5S/c1-34-21-10-7-16(14-28-21)11-17-13-18(8-9-20(17)30)35-29(23(33)24(25,26)27)19(22(31)32)12-15-5-3-2-4-6-15/h2-10,13-14,19,30H,11-12H2,1H3,(H,31,32)/t19-/m0/s1. The maximum Gasteiger partial charge on any atom is 0.472 e. The molecule has 1 heterocycles. The van der Waals surface area contributed by atoms with Crippen molar-refractivity contribution >= 4 is 23.8 Å². The number of carboxylic acids is 1. The predicted octanol–water partition coefficient (Wildman–Crippen LogP) is 4.48. The number of nitrogens with zero attached hydrogens (tertiary/aromatic N) is 2. The lowest BCUT2D eigenvalue weighted by Gasteiger charge is -2.28. The second kappa shape index (κ2) is 11.1. The number of carbonyl (C=O) groups is 2. The smallest absolute Gasteiger partial charge is 0.472 e. The molecule has 1 amide bonds. The number of hydrogen-bond acceptors (Lipinski definition) is 6. The summed E-state index contributed by atoms with van der Waals surface area (Å²) in [7, 11) is 1.46. The first-order chi connectivity index (χ1) is 16.6. The van der Waals surface area contributed by atoms with Gasteiger partial charge in [0.05, 0.1) is 7.11 Å². The van der Waals surface area contributed by atoms with E-state index in [0.717, 1.165) is 0 Å². The molecule has 0 unspecified atom stereocenters. The molecule has 0 radical (unpaired) electrons. The predicted molar refractivity (Wildman–Crippen MR) is 122 cm³/mol. The van der Waals surface area contributed by atoms with Crippen LogP contribution in [0.5, 0.6) is 11.6 Å². The minimum Gasteiger partial charge on any atom is -0.508 e. The van der Waals surface area contributed by atoms with E-state index >= 15 is 0 Å². The van der Waals surface area contributed by atoms with Crippen molar-refractivity contribution in [2.45, 2.75) is 30.0 Å². The zero-order chi connectivity index (χ0) is 25.6. The number of alkyl halides is 3. The van der Waals surface area contributed by atoms with Crippen LogP contribution in [-0.2, 0) is 22.4 Å². The highest BCUT2D eigenvalue weighted by atomic mass is 32.2. The number of benzene rings is 2. The van der Waals surface area contributed by atoms with E-state index in [-0.39, 0.29) is 27.8 Å². The second-order valence-corrected chi connectivity index (χ2v) is 8.49. The molecule has 11 heteroatoms. The Labute approximate surface area is 203 Å². The average Bonchev–Trinajstić information content (AvgIpc) is 2.83. The van der Waals surface area contributed by atoms with Gasteiger partial charge in [-0.2, -0.15) is 13.2 Å². The van der Waals surface area contributed by atoms with Gasteiger partial charge in [-0.25, -0.2) is 9.78 Å². The van der Waals surface area contributed by atoms with Crippen molar-refractivity contribution in [2.75, 3.05) is 7.11 Å². The summed E-state index contributed by atoms with van der Waals surface area (Å²) in [6.07, 6.45) is -3.89. The lowest BCUT2D eigenvalue weighted by Crippen LogP contribution is -2.47. The Bertz CT molecular complexity index is 1170. The number of phenols is 1. The number of ether oxygens (including phenoxy) is 1. The molecule has 0 aliphatic heterocycles. The molecule has 0 aliphatic rings. The van der Waals surface area contributed by atoms with Gasteiger partial charge in [0.25, 0.3) is 0 Å². The maximum absolute atomic E-state index is 13.4. The van der Waals surface area contributed by atoms with Crippen LogP contribution in [0.4, 0.5) is 13.2 Å². The van der Waals surface area contributed by atoms with Gasteiger partial charge in [0, 0.05) is 30.0 Å². The normalized spacial score (nSPS) is 12.1. The van der Waals surface area contributed by atoms with Crippen LogP contribution < -0.4 is 4.74 Å². The Morgan fingerprint density at radius 3 is 2.37 bits per heavy atom. The molecule has 3 aromatic rings. The molecular weight excluding hydrogens is 485 g/mol. The molecule has 1 atom stereocenters. The maximum atomic E-state index is 13.4. The molecular formula is C24H21F3N2O5S. The zero-order valence-electron chi connectivity index (χ0n) is 18.4. The zero-order valence-corrected chi connectivity index (χ0v) is 19.2. The number of carbonyl (C=O) groups excluding carboxylic acids is 1. The lowest BCUT2D eigenvalue weighted by molar-refractivity contribution is -0.182. The Morgan fingerprint density at radius 2 is 1.80 bits per heavy atom. The van der Waals surface area contributed by atoms with E-state index in [0.29, 0.717) is 34.5 Å². The van der Waals surface area contributed by atoms with Gasteiger partial charge in [0.1, 0.15) is 11.8 Å². The molecule has 0 bridgehead atoms. The van der Waals surface area contributed by atoms with Crippen molar-refractivity contribution in [3.63, 3.8) is 0 Å². The van der Waals surface area contributed by atoms with Crippen LogP contribution in [0.15, 0.2) is 71.8 Å². The second-order valence-electron chi connectivity index (χ2n) is 7.44. The number of pyridine rings is 1. The molecule has 184 valence electrons. The largest absolute Gasteiger partial charge is 0.508 e. The van der Waals surface area contributed by atoms with Crippen molar-refractivity contribution in [3.8, 4) is 11.6 Å². The molecule has 0 saturated carbocycles. The number of halogens is 3. The lowest BCUT2D eigenvalue weighted by atomic mass is 10.1. The van der Waals surface area contributed by atoms with Gasteiger partial charge in [-0.3, -0.25) is 9.10 Å². The van der Waals surface area contributed by atoms with Crippen LogP contribution in [0.2, 0.25) is 0 Å². The van der Waals surface area contributed by atoms with E-state index in [1.165, 1.54) is 31.5 Å².